The van der Waals surface area contributed by atoms with Gasteiger partial charge in [0.15, 0.2) is 0 Å². The summed E-state index contributed by atoms with van der Waals surface area (Å²) in [6, 6.07) is 7.62. The lowest BCUT2D eigenvalue weighted by Crippen LogP contribution is -2.46. The van der Waals surface area contributed by atoms with Crippen LogP contribution in [0.15, 0.2) is 36.9 Å². The first-order valence-corrected chi connectivity index (χ1v) is 6.27. The van der Waals surface area contributed by atoms with Crippen LogP contribution in [0.5, 0.6) is 0 Å². The summed E-state index contributed by atoms with van der Waals surface area (Å²) >= 11 is 0. The van der Waals surface area contributed by atoms with Crippen LogP contribution in [0.4, 0.5) is 4.79 Å². The van der Waals surface area contributed by atoms with Crippen molar-refractivity contribution in [2.75, 3.05) is 6.54 Å². The molecule has 1 aromatic rings. The lowest BCUT2D eigenvalue weighted by Gasteiger charge is -2.21. The highest BCUT2D eigenvalue weighted by atomic mass is 16.2. The quantitative estimate of drug-likeness (QED) is 0.663. The summed E-state index contributed by atoms with van der Waals surface area (Å²) < 4.78 is 0. The molecule has 1 atom stereocenters. The molecule has 0 spiro atoms. The third-order valence-electron chi connectivity index (χ3n) is 3.34. The molecule has 1 fully saturated rings. The molecule has 19 heavy (non-hydrogen) atoms. The van der Waals surface area contributed by atoms with E-state index in [1.807, 2.05) is 31.2 Å². The van der Waals surface area contributed by atoms with Gasteiger partial charge in [-0.05, 0) is 19.4 Å². The molecule has 0 saturated carbocycles. The number of nitrogens with zero attached hydrogens (tertiary/aromatic N) is 1. The second kappa shape index (κ2) is 4.88. The fraction of sp³-hybridized carbons (Fsp3) is 0.333. The van der Waals surface area contributed by atoms with Crippen molar-refractivity contribution in [2.45, 2.75) is 25.8 Å². The van der Waals surface area contributed by atoms with E-state index in [1.54, 1.807) is 13.0 Å². The van der Waals surface area contributed by atoms with Gasteiger partial charge in [0.1, 0.15) is 5.54 Å². The zero-order chi connectivity index (χ0) is 14.0. The molecular weight excluding hydrogens is 240 g/mol. The minimum Gasteiger partial charge on any atom is -0.323 e. The summed E-state index contributed by atoms with van der Waals surface area (Å²) in [6.45, 7) is 7.58. The smallest absolute Gasteiger partial charge is 0.323 e. The van der Waals surface area contributed by atoms with Gasteiger partial charge in [-0.3, -0.25) is 9.69 Å². The van der Waals surface area contributed by atoms with Crippen LogP contribution in [-0.4, -0.2) is 28.9 Å². The number of carbonyl (C=O) groups excluding carboxylic acids is 2. The van der Waals surface area contributed by atoms with E-state index < -0.39 is 5.54 Å². The van der Waals surface area contributed by atoms with Crippen molar-refractivity contribution in [3.05, 3.63) is 48.0 Å². The Balaban J connectivity index is 2.19. The number of carbonyl (C=O) groups is 2. The van der Waals surface area contributed by atoms with Crippen LogP contribution < -0.4 is 5.32 Å². The molecule has 4 nitrogen and oxygen atoms in total. The molecule has 1 aromatic carbocycles. The molecule has 0 aliphatic carbocycles. The molecule has 0 aromatic heterocycles. The summed E-state index contributed by atoms with van der Waals surface area (Å²) in [5.41, 5.74) is 1.33. The highest BCUT2D eigenvalue weighted by Crippen LogP contribution is 2.22. The first kappa shape index (κ1) is 13.3. The second-order valence-corrected chi connectivity index (χ2v) is 5.13. The Kier molecular flexibility index (Phi) is 3.42. The average molecular weight is 258 g/mol. The van der Waals surface area contributed by atoms with E-state index in [0.717, 1.165) is 5.56 Å². The van der Waals surface area contributed by atoms with Gasteiger partial charge in [-0.25, -0.2) is 4.79 Å². The number of rotatable bonds is 4. The molecule has 1 heterocycles. The first-order valence-electron chi connectivity index (χ1n) is 6.27. The van der Waals surface area contributed by atoms with Gasteiger partial charge in [0.05, 0.1) is 0 Å². The third-order valence-corrected chi connectivity index (χ3v) is 3.34. The number of aryl methyl sites for hydroxylation is 1. The van der Waals surface area contributed by atoms with Gasteiger partial charge in [-0.15, -0.1) is 6.58 Å². The molecule has 2 rings (SSSR count). The normalized spacial score (nSPS) is 22.5. The fourth-order valence-corrected chi connectivity index (χ4v) is 2.28. The molecule has 100 valence electrons. The van der Waals surface area contributed by atoms with Crippen molar-refractivity contribution in [1.82, 2.24) is 10.2 Å². The molecule has 3 amide bonds. The van der Waals surface area contributed by atoms with Crippen molar-refractivity contribution in [3.63, 3.8) is 0 Å². The number of benzene rings is 1. The zero-order valence-corrected chi connectivity index (χ0v) is 11.3. The number of urea groups is 1. The molecule has 0 radical (unpaired) electrons. The van der Waals surface area contributed by atoms with Crippen molar-refractivity contribution in [1.29, 1.82) is 0 Å². The molecule has 4 heteroatoms. The van der Waals surface area contributed by atoms with Gasteiger partial charge in [0.2, 0.25) is 0 Å². The molecule has 1 N–H and O–H groups in total. The summed E-state index contributed by atoms with van der Waals surface area (Å²) in [5.74, 6) is -0.196. The van der Waals surface area contributed by atoms with E-state index in [9.17, 15) is 9.59 Å². The molecule has 1 aliphatic heterocycles. The van der Waals surface area contributed by atoms with Gasteiger partial charge in [-0.1, -0.05) is 35.9 Å². The van der Waals surface area contributed by atoms with Crippen LogP contribution >= 0.6 is 0 Å². The van der Waals surface area contributed by atoms with Crippen LogP contribution in [-0.2, 0) is 11.2 Å². The standard InChI is InChI=1S/C15H18N2O2/c1-4-9-17-13(18)15(3,16-14(17)19)10-12-7-5-11(2)6-8-12/h4-8H,1,9-10H2,2-3H3,(H,16,19). The monoisotopic (exact) mass is 258 g/mol. The molecule has 1 unspecified atom stereocenters. The topological polar surface area (TPSA) is 49.4 Å². The van der Waals surface area contributed by atoms with Crippen LogP contribution in [0.1, 0.15) is 18.1 Å². The average Bonchev–Trinajstić information content (AvgIpc) is 2.56. The second-order valence-electron chi connectivity index (χ2n) is 5.13. The predicted octanol–water partition coefficient (Wildman–Crippen LogP) is 2.03. The van der Waals surface area contributed by atoms with E-state index in [0.29, 0.717) is 6.42 Å². The maximum absolute atomic E-state index is 12.3. The minimum absolute atomic E-state index is 0.196. The van der Waals surface area contributed by atoms with Crippen molar-refractivity contribution < 1.29 is 9.59 Å². The number of hydrogen-bond acceptors (Lipinski definition) is 2. The molecular formula is C15H18N2O2. The van der Waals surface area contributed by atoms with E-state index in [1.165, 1.54) is 10.5 Å². The highest BCUT2D eigenvalue weighted by molar-refractivity contribution is 6.07. The summed E-state index contributed by atoms with van der Waals surface area (Å²) in [7, 11) is 0. The number of nitrogens with one attached hydrogen (secondary N) is 1. The summed E-state index contributed by atoms with van der Waals surface area (Å²) in [6.07, 6.45) is 2.04. The van der Waals surface area contributed by atoms with Crippen molar-refractivity contribution in [3.8, 4) is 0 Å². The minimum atomic E-state index is -0.866. The van der Waals surface area contributed by atoms with Gasteiger partial charge >= 0.3 is 6.03 Å². The fourth-order valence-electron chi connectivity index (χ4n) is 2.28. The highest BCUT2D eigenvalue weighted by Gasteiger charge is 2.47. The Hall–Kier alpha value is -2.10. The van der Waals surface area contributed by atoms with Crippen LogP contribution in [0.2, 0.25) is 0 Å². The SMILES string of the molecule is C=CCN1C(=O)NC(C)(Cc2ccc(C)cc2)C1=O. The Morgan fingerprint density at radius 2 is 1.95 bits per heavy atom. The van der Waals surface area contributed by atoms with Gasteiger partial charge in [0, 0.05) is 13.0 Å². The lowest BCUT2D eigenvalue weighted by molar-refractivity contribution is -0.130. The van der Waals surface area contributed by atoms with Gasteiger partial charge < -0.3 is 5.32 Å². The number of amides is 3. The van der Waals surface area contributed by atoms with Gasteiger partial charge in [-0.2, -0.15) is 0 Å². The Morgan fingerprint density at radius 1 is 1.32 bits per heavy atom. The van der Waals surface area contributed by atoms with E-state index in [4.69, 9.17) is 0 Å². The van der Waals surface area contributed by atoms with Crippen LogP contribution in [0.3, 0.4) is 0 Å². The number of imide groups is 1. The zero-order valence-electron chi connectivity index (χ0n) is 11.3. The van der Waals surface area contributed by atoms with Crippen LogP contribution in [0, 0.1) is 6.92 Å². The van der Waals surface area contributed by atoms with Crippen molar-refractivity contribution >= 4 is 11.9 Å². The maximum atomic E-state index is 12.3. The van der Waals surface area contributed by atoms with E-state index in [2.05, 4.69) is 11.9 Å². The Labute approximate surface area is 113 Å². The predicted molar refractivity (Wildman–Crippen MR) is 73.7 cm³/mol. The van der Waals surface area contributed by atoms with E-state index in [-0.39, 0.29) is 18.5 Å². The Bertz CT molecular complexity index is 521. The molecule has 1 aliphatic rings. The van der Waals surface area contributed by atoms with Crippen molar-refractivity contribution in [2.24, 2.45) is 0 Å². The third kappa shape index (κ3) is 2.52. The number of hydrogen-bond donors (Lipinski definition) is 1. The largest absolute Gasteiger partial charge is 0.325 e. The molecule has 1 saturated heterocycles. The molecule has 0 bridgehead atoms. The lowest BCUT2D eigenvalue weighted by atomic mass is 9.92. The van der Waals surface area contributed by atoms with E-state index >= 15 is 0 Å². The summed E-state index contributed by atoms with van der Waals surface area (Å²) in [5, 5.41) is 2.77. The Morgan fingerprint density at radius 3 is 2.53 bits per heavy atom. The van der Waals surface area contributed by atoms with Gasteiger partial charge in [0.25, 0.3) is 5.91 Å². The summed E-state index contributed by atoms with van der Waals surface area (Å²) in [4.78, 5) is 25.3. The first-order chi connectivity index (χ1) is 8.96. The maximum Gasteiger partial charge on any atom is 0.325 e. The van der Waals surface area contributed by atoms with Crippen LogP contribution in [0.25, 0.3) is 0 Å².